The molecule has 0 amide bonds. The van der Waals surface area contributed by atoms with Gasteiger partial charge in [0.1, 0.15) is 5.58 Å². The molecule has 0 N–H and O–H groups in total. The summed E-state index contributed by atoms with van der Waals surface area (Å²) in [5, 5.41) is 4.54. The van der Waals surface area contributed by atoms with Crippen molar-refractivity contribution in [2.24, 2.45) is 0 Å². The van der Waals surface area contributed by atoms with Gasteiger partial charge < -0.3 is 9.32 Å². The minimum atomic E-state index is 0.857. The Kier molecular flexibility index (Phi) is 7.85. The summed E-state index contributed by atoms with van der Waals surface area (Å²) in [4.78, 5) is 2.40. The van der Waals surface area contributed by atoms with Crippen LogP contribution in [0.3, 0.4) is 0 Å². The second-order valence-corrected chi connectivity index (χ2v) is 13.6. The largest absolute Gasteiger partial charge is 0.454 e. The molecule has 54 heavy (non-hydrogen) atoms. The Hall–Kier alpha value is -7.16. The SMILES string of the molecule is c1ccc(-c2ccc(-c3ccccc3N(c3cccc4ccccc34)c3cccc4c3oc3ccccc34)c(-c3ccccc3-c3ccccc3)c2)cc1. The molecule has 0 unspecified atom stereocenters. The third-order valence-corrected chi connectivity index (χ3v) is 10.5. The normalized spacial score (nSPS) is 11.3. The molecule has 0 aliphatic rings. The van der Waals surface area contributed by atoms with E-state index in [4.69, 9.17) is 4.42 Å². The highest BCUT2D eigenvalue weighted by Crippen LogP contribution is 2.49. The Labute approximate surface area is 314 Å². The average Bonchev–Trinajstić information content (AvgIpc) is 3.64. The van der Waals surface area contributed by atoms with Crippen molar-refractivity contribution >= 4 is 49.8 Å². The zero-order valence-corrected chi connectivity index (χ0v) is 29.6. The zero-order chi connectivity index (χ0) is 35.8. The van der Waals surface area contributed by atoms with Crippen LogP contribution in [-0.4, -0.2) is 0 Å². The third-order valence-electron chi connectivity index (χ3n) is 10.5. The Morgan fingerprint density at radius 3 is 1.69 bits per heavy atom. The number of nitrogens with zero attached hydrogens (tertiary/aromatic N) is 1. The van der Waals surface area contributed by atoms with Crippen LogP contribution in [0.15, 0.2) is 217 Å². The molecule has 9 aromatic carbocycles. The second kappa shape index (κ2) is 13.4. The summed E-state index contributed by atoms with van der Waals surface area (Å²) in [6.07, 6.45) is 0. The highest BCUT2D eigenvalue weighted by molar-refractivity contribution is 6.12. The fourth-order valence-electron chi connectivity index (χ4n) is 8.00. The van der Waals surface area contributed by atoms with Crippen molar-refractivity contribution in [2.75, 3.05) is 4.90 Å². The van der Waals surface area contributed by atoms with Gasteiger partial charge in [0.15, 0.2) is 5.58 Å². The quantitative estimate of drug-likeness (QED) is 0.166. The molecule has 0 fully saturated rings. The highest BCUT2D eigenvalue weighted by Gasteiger charge is 2.25. The lowest BCUT2D eigenvalue weighted by Gasteiger charge is -2.29. The lowest BCUT2D eigenvalue weighted by atomic mass is 9.86. The number of benzene rings is 9. The molecular formula is C52H35NO. The van der Waals surface area contributed by atoms with E-state index in [9.17, 15) is 0 Å². The molecule has 0 spiro atoms. The van der Waals surface area contributed by atoms with E-state index in [0.717, 1.165) is 55.5 Å². The lowest BCUT2D eigenvalue weighted by molar-refractivity contribution is 0.669. The van der Waals surface area contributed by atoms with Gasteiger partial charge >= 0.3 is 0 Å². The van der Waals surface area contributed by atoms with Gasteiger partial charge in [0.2, 0.25) is 0 Å². The maximum absolute atomic E-state index is 6.75. The van der Waals surface area contributed by atoms with Crippen molar-refractivity contribution in [2.45, 2.75) is 0 Å². The molecule has 0 saturated carbocycles. The number of fused-ring (bicyclic) bond motifs is 4. The van der Waals surface area contributed by atoms with E-state index in [1.165, 1.54) is 38.8 Å². The van der Waals surface area contributed by atoms with Crippen LogP contribution in [0.25, 0.3) is 77.2 Å². The van der Waals surface area contributed by atoms with E-state index in [2.05, 4.69) is 211 Å². The van der Waals surface area contributed by atoms with Gasteiger partial charge in [0.05, 0.1) is 17.1 Å². The number of hydrogen-bond donors (Lipinski definition) is 0. The number of furan rings is 1. The van der Waals surface area contributed by atoms with Crippen molar-refractivity contribution in [3.8, 4) is 44.5 Å². The molecule has 2 heteroatoms. The van der Waals surface area contributed by atoms with Crippen molar-refractivity contribution < 1.29 is 4.42 Å². The smallest absolute Gasteiger partial charge is 0.159 e. The first-order valence-electron chi connectivity index (χ1n) is 18.4. The van der Waals surface area contributed by atoms with Gasteiger partial charge in [-0.2, -0.15) is 0 Å². The molecule has 0 bridgehead atoms. The highest BCUT2D eigenvalue weighted by atomic mass is 16.3. The van der Waals surface area contributed by atoms with E-state index >= 15 is 0 Å². The molecule has 0 saturated heterocycles. The van der Waals surface area contributed by atoms with Crippen LogP contribution < -0.4 is 4.90 Å². The van der Waals surface area contributed by atoms with Crippen LogP contribution in [0.4, 0.5) is 17.1 Å². The molecule has 1 heterocycles. The summed E-state index contributed by atoms with van der Waals surface area (Å²) in [5.41, 5.74) is 14.2. The Morgan fingerprint density at radius 2 is 0.852 bits per heavy atom. The molecular weight excluding hydrogens is 655 g/mol. The lowest BCUT2D eigenvalue weighted by Crippen LogP contribution is -2.12. The summed E-state index contributed by atoms with van der Waals surface area (Å²) in [7, 11) is 0. The molecule has 0 aliphatic carbocycles. The van der Waals surface area contributed by atoms with Gasteiger partial charge in [0.25, 0.3) is 0 Å². The maximum atomic E-state index is 6.75. The molecule has 0 atom stereocenters. The van der Waals surface area contributed by atoms with Gasteiger partial charge in [-0.1, -0.05) is 182 Å². The van der Waals surface area contributed by atoms with Gasteiger partial charge in [-0.3, -0.25) is 0 Å². The zero-order valence-electron chi connectivity index (χ0n) is 29.6. The number of hydrogen-bond acceptors (Lipinski definition) is 2. The van der Waals surface area contributed by atoms with Crippen molar-refractivity contribution in [3.05, 3.63) is 212 Å². The van der Waals surface area contributed by atoms with E-state index < -0.39 is 0 Å². The predicted octanol–water partition coefficient (Wildman–Crippen LogP) is 14.9. The second-order valence-electron chi connectivity index (χ2n) is 13.6. The first-order chi connectivity index (χ1) is 26.8. The fourth-order valence-corrected chi connectivity index (χ4v) is 8.00. The molecule has 10 aromatic rings. The fraction of sp³-hybridized carbons (Fsp3) is 0. The van der Waals surface area contributed by atoms with E-state index in [1.807, 2.05) is 6.07 Å². The van der Waals surface area contributed by atoms with Gasteiger partial charge in [-0.15, -0.1) is 0 Å². The van der Waals surface area contributed by atoms with Crippen LogP contribution in [0, 0.1) is 0 Å². The van der Waals surface area contributed by atoms with E-state index in [-0.39, 0.29) is 0 Å². The Morgan fingerprint density at radius 1 is 0.296 bits per heavy atom. The van der Waals surface area contributed by atoms with Crippen molar-refractivity contribution in [1.29, 1.82) is 0 Å². The summed E-state index contributed by atoms with van der Waals surface area (Å²) in [6, 6.07) is 75.9. The van der Waals surface area contributed by atoms with Crippen LogP contribution >= 0.6 is 0 Å². The molecule has 10 rings (SSSR count). The Bertz CT molecular complexity index is 2940. The standard InChI is InChI=1S/C52H35NO/c1-3-17-36(18-4-1)39-33-34-43(47(35-39)42-25-10-9-23-40(42)37-19-5-2-6-20-37)44-26-11-13-29-49(44)53(48-30-15-22-38-21-7-8-24-41(38)48)50-31-16-28-46-45-27-12-14-32-51(45)54-52(46)50/h1-35H. The minimum Gasteiger partial charge on any atom is -0.454 e. The number of para-hydroxylation sites is 3. The first-order valence-corrected chi connectivity index (χ1v) is 18.4. The summed E-state index contributed by atoms with van der Waals surface area (Å²) in [5.74, 6) is 0. The number of anilines is 3. The van der Waals surface area contributed by atoms with Gasteiger partial charge in [-0.25, -0.2) is 0 Å². The van der Waals surface area contributed by atoms with E-state index in [0.29, 0.717) is 0 Å². The van der Waals surface area contributed by atoms with Crippen LogP contribution in [-0.2, 0) is 0 Å². The molecule has 254 valence electrons. The van der Waals surface area contributed by atoms with Crippen LogP contribution in [0.5, 0.6) is 0 Å². The predicted molar refractivity (Wildman–Crippen MR) is 228 cm³/mol. The average molecular weight is 690 g/mol. The van der Waals surface area contributed by atoms with Crippen molar-refractivity contribution in [1.82, 2.24) is 0 Å². The van der Waals surface area contributed by atoms with Crippen molar-refractivity contribution in [3.63, 3.8) is 0 Å². The van der Waals surface area contributed by atoms with Crippen LogP contribution in [0.2, 0.25) is 0 Å². The summed E-state index contributed by atoms with van der Waals surface area (Å²) < 4.78 is 6.75. The minimum absolute atomic E-state index is 0.857. The van der Waals surface area contributed by atoms with Gasteiger partial charge in [0, 0.05) is 21.7 Å². The molecule has 1 aromatic heterocycles. The molecule has 0 aliphatic heterocycles. The molecule has 2 nitrogen and oxygen atoms in total. The monoisotopic (exact) mass is 689 g/mol. The topological polar surface area (TPSA) is 16.4 Å². The molecule has 0 radical (unpaired) electrons. The van der Waals surface area contributed by atoms with Crippen LogP contribution in [0.1, 0.15) is 0 Å². The number of rotatable bonds is 7. The maximum Gasteiger partial charge on any atom is 0.159 e. The van der Waals surface area contributed by atoms with E-state index in [1.54, 1.807) is 0 Å². The summed E-state index contributed by atoms with van der Waals surface area (Å²) >= 11 is 0. The summed E-state index contributed by atoms with van der Waals surface area (Å²) in [6.45, 7) is 0. The third kappa shape index (κ3) is 5.44. The Balaban J connectivity index is 1.27. The van der Waals surface area contributed by atoms with Gasteiger partial charge in [-0.05, 0) is 74.7 Å². The first kappa shape index (κ1) is 31.6.